The fraction of sp³-hybridized carbons (Fsp3) is 0.111. The van der Waals surface area contributed by atoms with Crippen molar-refractivity contribution in [2.75, 3.05) is 0 Å². The Hall–Kier alpha value is -1.13. The number of hydrogen-bond acceptors (Lipinski definition) is 3. The molecule has 0 fully saturated rings. The van der Waals surface area contributed by atoms with Gasteiger partial charge in [0, 0.05) is 17.8 Å². The summed E-state index contributed by atoms with van der Waals surface area (Å²) in [6.45, 7) is 0.548. The highest BCUT2D eigenvalue weighted by Crippen LogP contribution is 2.06. The lowest BCUT2D eigenvalue weighted by atomic mass is 10.3. The van der Waals surface area contributed by atoms with Crippen LogP contribution in [0.4, 0.5) is 0 Å². The summed E-state index contributed by atoms with van der Waals surface area (Å²) < 4.78 is 1.63. The van der Waals surface area contributed by atoms with Gasteiger partial charge in [-0.1, -0.05) is 29.0 Å². The maximum atomic E-state index is 11.2. The monoisotopic (exact) mass is 226 g/mol. The van der Waals surface area contributed by atoms with Gasteiger partial charge in [0.25, 0.3) is 0 Å². The highest BCUT2D eigenvalue weighted by molar-refractivity contribution is 7.07. The minimum atomic E-state index is 0.0416. The molecule has 72 valence electrons. The molecule has 2 aromatic rings. The molecule has 0 N–H and O–H groups in total. The summed E-state index contributed by atoms with van der Waals surface area (Å²) in [6.07, 6.45) is 3.44. The van der Waals surface area contributed by atoms with E-state index < -0.39 is 0 Å². The van der Waals surface area contributed by atoms with E-state index in [9.17, 15) is 4.79 Å². The van der Waals surface area contributed by atoms with Crippen LogP contribution in [0.15, 0.2) is 34.7 Å². The zero-order chi connectivity index (χ0) is 9.97. The van der Waals surface area contributed by atoms with Crippen molar-refractivity contribution in [3.63, 3.8) is 0 Å². The van der Waals surface area contributed by atoms with Crippen molar-refractivity contribution in [1.82, 2.24) is 9.55 Å². The molecule has 0 radical (unpaired) electrons. The number of rotatable bonds is 2. The first kappa shape index (κ1) is 9.43. The van der Waals surface area contributed by atoms with Gasteiger partial charge in [-0.25, -0.2) is 4.98 Å². The van der Waals surface area contributed by atoms with Gasteiger partial charge < -0.3 is 4.57 Å². The first-order valence-corrected chi connectivity index (χ1v) is 5.26. The second kappa shape index (κ2) is 3.94. The minimum absolute atomic E-state index is 0.0416. The van der Waals surface area contributed by atoms with Gasteiger partial charge in [0.05, 0.1) is 6.54 Å². The third-order valence-electron chi connectivity index (χ3n) is 1.79. The van der Waals surface area contributed by atoms with Crippen molar-refractivity contribution in [2.24, 2.45) is 0 Å². The van der Waals surface area contributed by atoms with Crippen LogP contribution >= 0.6 is 22.9 Å². The van der Waals surface area contributed by atoms with E-state index in [0.717, 1.165) is 5.56 Å². The molecule has 3 nitrogen and oxygen atoms in total. The van der Waals surface area contributed by atoms with Crippen LogP contribution in [0.2, 0.25) is 5.15 Å². The van der Waals surface area contributed by atoms with Crippen LogP contribution in [0, 0.1) is 0 Å². The van der Waals surface area contributed by atoms with Gasteiger partial charge in [-0.2, -0.15) is 0 Å². The van der Waals surface area contributed by atoms with Crippen molar-refractivity contribution in [3.05, 3.63) is 50.3 Å². The van der Waals surface area contributed by atoms with Crippen LogP contribution < -0.4 is 4.87 Å². The molecule has 0 atom stereocenters. The molecule has 0 saturated heterocycles. The Labute approximate surface area is 89.6 Å². The molecule has 0 spiro atoms. The molecular weight excluding hydrogens is 220 g/mol. The average Bonchev–Trinajstić information content (AvgIpc) is 2.56. The molecule has 14 heavy (non-hydrogen) atoms. The molecule has 0 saturated carbocycles. The summed E-state index contributed by atoms with van der Waals surface area (Å²) in [4.78, 5) is 15.2. The molecule has 2 rings (SSSR count). The standard InChI is InChI=1S/C9H7ClN2OS/c10-8-2-1-7(5-11-8)6-12-3-4-14-9(12)13/h1-5H,6H2. The predicted octanol–water partition coefficient (Wildman–Crippen LogP) is 2.01. The minimum Gasteiger partial charge on any atom is -0.301 e. The Morgan fingerprint density at radius 1 is 1.50 bits per heavy atom. The normalized spacial score (nSPS) is 10.4. The Kier molecular flexibility index (Phi) is 2.65. The average molecular weight is 227 g/mol. The zero-order valence-corrected chi connectivity index (χ0v) is 8.76. The molecule has 5 heteroatoms. The van der Waals surface area contributed by atoms with Crippen molar-refractivity contribution < 1.29 is 0 Å². The van der Waals surface area contributed by atoms with E-state index in [2.05, 4.69) is 4.98 Å². The zero-order valence-electron chi connectivity index (χ0n) is 7.18. The second-order valence-corrected chi connectivity index (χ2v) is 4.03. The van der Waals surface area contributed by atoms with E-state index in [1.54, 1.807) is 28.4 Å². The van der Waals surface area contributed by atoms with Crippen molar-refractivity contribution in [1.29, 1.82) is 0 Å². The summed E-state index contributed by atoms with van der Waals surface area (Å²) in [5.74, 6) is 0. The van der Waals surface area contributed by atoms with Crippen LogP contribution in [0.3, 0.4) is 0 Å². The summed E-state index contributed by atoms with van der Waals surface area (Å²) in [5.41, 5.74) is 0.968. The second-order valence-electron chi connectivity index (χ2n) is 2.79. The largest absolute Gasteiger partial charge is 0.307 e. The molecule has 0 aliphatic carbocycles. The number of halogens is 1. The van der Waals surface area contributed by atoms with E-state index in [1.165, 1.54) is 11.3 Å². The number of pyridine rings is 1. The van der Waals surface area contributed by atoms with Crippen LogP contribution in [-0.4, -0.2) is 9.55 Å². The van der Waals surface area contributed by atoms with Gasteiger partial charge in [0.2, 0.25) is 0 Å². The van der Waals surface area contributed by atoms with Crippen LogP contribution in [-0.2, 0) is 6.54 Å². The van der Waals surface area contributed by atoms with Crippen molar-refractivity contribution in [2.45, 2.75) is 6.54 Å². The maximum Gasteiger partial charge on any atom is 0.307 e. The molecule has 0 aliphatic rings. The van der Waals surface area contributed by atoms with Gasteiger partial charge in [0.15, 0.2) is 0 Å². The predicted molar refractivity (Wildman–Crippen MR) is 56.9 cm³/mol. The van der Waals surface area contributed by atoms with E-state index in [4.69, 9.17) is 11.6 Å². The van der Waals surface area contributed by atoms with Gasteiger partial charge in [0.1, 0.15) is 5.15 Å². The van der Waals surface area contributed by atoms with Gasteiger partial charge in [-0.05, 0) is 11.6 Å². The fourth-order valence-corrected chi connectivity index (χ4v) is 1.80. The van der Waals surface area contributed by atoms with Gasteiger partial charge in [-0.3, -0.25) is 4.79 Å². The first-order chi connectivity index (χ1) is 6.75. The lowest BCUT2D eigenvalue weighted by Gasteiger charge is -2.00. The summed E-state index contributed by atoms with van der Waals surface area (Å²) >= 11 is 6.83. The SMILES string of the molecule is O=c1sccn1Cc1ccc(Cl)nc1. The van der Waals surface area contributed by atoms with Gasteiger partial charge in [-0.15, -0.1) is 0 Å². The van der Waals surface area contributed by atoms with Crippen LogP contribution in [0.5, 0.6) is 0 Å². The number of thiazole rings is 1. The molecule has 0 amide bonds. The summed E-state index contributed by atoms with van der Waals surface area (Å²) in [7, 11) is 0. The Balaban J connectivity index is 2.23. The quantitative estimate of drug-likeness (QED) is 0.735. The van der Waals surface area contributed by atoms with E-state index in [1.807, 2.05) is 6.07 Å². The number of nitrogens with zero attached hydrogens (tertiary/aromatic N) is 2. The van der Waals surface area contributed by atoms with Crippen LogP contribution in [0.1, 0.15) is 5.56 Å². The molecule has 0 aromatic carbocycles. The maximum absolute atomic E-state index is 11.2. The van der Waals surface area contributed by atoms with E-state index in [0.29, 0.717) is 11.7 Å². The van der Waals surface area contributed by atoms with E-state index >= 15 is 0 Å². The molecular formula is C9H7ClN2OS. The topological polar surface area (TPSA) is 34.9 Å². The number of aromatic nitrogens is 2. The molecule has 0 unspecified atom stereocenters. The Morgan fingerprint density at radius 2 is 2.36 bits per heavy atom. The smallest absolute Gasteiger partial charge is 0.301 e. The van der Waals surface area contributed by atoms with Crippen molar-refractivity contribution in [3.8, 4) is 0 Å². The lowest BCUT2D eigenvalue weighted by Crippen LogP contribution is -2.12. The molecule has 2 heterocycles. The lowest BCUT2D eigenvalue weighted by molar-refractivity contribution is 0.780. The molecule has 0 aliphatic heterocycles. The van der Waals surface area contributed by atoms with Gasteiger partial charge >= 0.3 is 4.87 Å². The highest BCUT2D eigenvalue weighted by Gasteiger charge is 1.98. The third kappa shape index (κ3) is 2.02. The fourth-order valence-electron chi connectivity index (χ4n) is 1.10. The Morgan fingerprint density at radius 3 is 2.93 bits per heavy atom. The van der Waals surface area contributed by atoms with E-state index in [-0.39, 0.29) is 4.87 Å². The Bertz CT molecular complexity index is 474. The molecule has 2 aromatic heterocycles. The van der Waals surface area contributed by atoms with Crippen molar-refractivity contribution >= 4 is 22.9 Å². The summed E-state index contributed by atoms with van der Waals surface area (Å²) in [6, 6.07) is 3.58. The molecule has 0 bridgehead atoms. The highest BCUT2D eigenvalue weighted by atomic mass is 35.5. The first-order valence-electron chi connectivity index (χ1n) is 4.00. The number of hydrogen-bond donors (Lipinski definition) is 0. The third-order valence-corrected chi connectivity index (χ3v) is 2.70. The van der Waals surface area contributed by atoms with Crippen LogP contribution in [0.25, 0.3) is 0 Å². The summed E-state index contributed by atoms with van der Waals surface area (Å²) in [5, 5.41) is 2.23.